The van der Waals surface area contributed by atoms with Crippen molar-refractivity contribution in [1.82, 2.24) is 0 Å². The van der Waals surface area contributed by atoms with Gasteiger partial charge in [0.05, 0.1) is 7.11 Å². The van der Waals surface area contributed by atoms with E-state index in [2.05, 4.69) is 60.7 Å². The molecule has 1 N–H and O–H groups in total. The Morgan fingerprint density at radius 1 is 0.963 bits per heavy atom. The van der Waals surface area contributed by atoms with E-state index < -0.39 is 0 Å². The van der Waals surface area contributed by atoms with Gasteiger partial charge in [0.1, 0.15) is 11.5 Å². The molecule has 0 spiro atoms. The molecule has 0 aromatic heterocycles. The maximum Gasteiger partial charge on any atom is 0.118 e. The lowest BCUT2D eigenvalue weighted by Crippen LogP contribution is -2.14. The first kappa shape index (κ1) is 16.4. The molecule has 3 aromatic carbocycles. The molecular formula is C25H24O2. The third-order valence-corrected chi connectivity index (χ3v) is 6.73. The van der Waals surface area contributed by atoms with E-state index in [4.69, 9.17) is 4.74 Å². The summed E-state index contributed by atoms with van der Waals surface area (Å²) in [4.78, 5) is 0. The highest BCUT2D eigenvalue weighted by atomic mass is 16.5. The summed E-state index contributed by atoms with van der Waals surface area (Å²) in [5.41, 5.74) is 6.57. The van der Waals surface area contributed by atoms with Crippen LogP contribution in [0, 0.1) is 12.8 Å². The number of methoxy groups -OCH3 is 1. The fraction of sp³-hybridized carbons (Fsp3) is 0.280. The van der Waals surface area contributed by atoms with Gasteiger partial charge in [-0.05, 0) is 71.7 Å². The number of aryl methyl sites for hydroxylation is 2. The van der Waals surface area contributed by atoms with E-state index in [1.807, 2.05) is 13.0 Å². The van der Waals surface area contributed by atoms with Crippen LogP contribution in [0.3, 0.4) is 0 Å². The van der Waals surface area contributed by atoms with Gasteiger partial charge in [0.25, 0.3) is 0 Å². The lowest BCUT2D eigenvalue weighted by Gasteiger charge is -2.21. The molecule has 1 fully saturated rings. The van der Waals surface area contributed by atoms with Crippen molar-refractivity contribution < 1.29 is 9.84 Å². The highest BCUT2D eigenvalue weighted by molar-refractivity contribution is 5.60. The smallest absolute Gasteiger partial charge is 0.118 e. The Morgan fingerprint density at radius 3 is 2.44 bits per heavy atom. The number of ether oxygens (including phenoxy) is 1. The Morgan fingerprint density at radius 2 is 1.70 bits per heavy atom. The topological polar surface area (TPSA) is 29.5 Å². The molecule has 5 rings (SSSR count). The number of aromatic hydroxyl groups is 1. The molecule has 2 aliphatic carbocycles. The van der Waals surface area contributed by atoms with Crippen LogP contribution >= 0.6 is 0 Å². The third kappa shape index (κ3) is 2.26. The van der Waals surface area contributed by atoms with E-state index in [9.17, 15) is 5.11 Å². The van der Waals surface area contributed by atoms with Gasteiger partial charge in [-0.15, -0.1) is 0 Å². The minimum atomic E-state index is -0.0165. The first-order chi connectivity index (χ1) is 13.2. The number of phenolic OH excluding ortho intramolecular Hbond substituents is 1. The number of phenols is 1. The molecule has 0 saturated heterocycles. The predicted octanol–water partition coefficient (Wildman–Crippen LogP) is 5.36. The van der Waals surface area contributed by atoms with Gasteiger partial charge in [-0.2, -0.15) is 0 Å². The van der Waals surface area contributed by atoms with Crippen molar-refractivity contribution in [2.45, 2.75) is 31.1 Å². The van der Waals surface area contributed by atoms with Crippen LogP contribution < -0.4 is 4.74 Å². The Hall–Kier alpha value is -2.74. The van der Waals surface area contributed by atoms with Crippen LogP contribution in [-0.4, -0.2) is 12.2 Å². The zero-order chi connectivity index (χ0) is 18.6. The number of hydrogen-bond donors (Lipinski definition) is 1. The van der Waals surface area contributed by atoms with Gasteiger partial charge < -0.3 is 9.84 Å². The van der Waals surface area contributed by atoms with Gasteiger partial charge >= 0.3 is 0 Å². The zero-order valence-electron chi connectivity index (χ0n) is 15.8. The third-order valence-electron chi connectivity index (χ3n) is 6.73. The van der Waals surface area contributed by atoms with Gasteiger partial charge in [0.2, 0.25) is 0 Å². The molecule has 0 bridgehead atoms. The molecule has 2 aliphatic rings. The standard InChI is InChI=1S/C25H24O2/c1-16-15-19(10-14-23(16)26)25(18-8-11-20(27-2)12-9-18)22-13-7-17-5-3-4-6-21(17)24(22)25/h3-6,8-12,14-15,22,24,26H,7,13H2,1-2H3. The van der Waals surface area contributed by atoms with Crippen molar-refractivity contribution in [3.63, 3.8) is 0 Å². The lowest BCUT2D eigenvalue weighted by atomic mass is 9.82. The highest BCUT2D eigenvalue weighted by Crippen LogP contribution is 2.72. The molecule has 136 valence electrons. The second-order valence-corrected chi connectivity index (χ2v) is 7.92. The van der Waals surface area contributed by atoms with Crippen LogP contribution in [0.25, 0.3) is 0 Å². The molecule has 0 radical (unpaired) electrons. The van der Waals surface area contributed by atoms with E-state index in [-0.39, 0.29) is 5.41 Å². The number of hydrogen-bond acceptors (Lipinski definition) is 2. The Bertz CT molecular complexity index is 1010. The normalized spacial score (nSPS) is 25.4. The maximum atomic E-state index is 10.1. The Kier molecular flexibility index (Phi) is 3.58. The van der Waals surface area contributed by atoms with Crippen LogP contribution in [0.15, 0.2) is 66.7 Å². The average Bonchev–Trinajstić information content (AvgIpc) is 3.41. The van der Waals surface area contributed by atoms with Crippen LogP contribution in [0.5, 0.6) is 11.5 Å². The average molecular weight is 356 g/mol. The summed E-state index contributed by atoms with van der Waals surface area (Å²) in [5.74, 6) is 2.36. The Balaban J connectivity index is 1.71. The SMILES string of the molecule is COc1ccc(C2(c3ccc(O)c(C)c3)C3CCc4ccccc4C32)cc1. The highest BCUT2D eigenvalue weighted by Gasteiger charge is 2.67. The quantitative estimate of drug-likeness (QED) is 0.685. The van der Waals surface area contributed by atoms with E-state index in [1.165, 1.54) is 28.7 Å². The summed E-state index contributed by atoms with van der Waals surface area (Å²) < 4.78 is 5.38. The molecular weight excluding hydrogens is 332 g/mol. The van der Waals surface area contributed by atoms with Crippen LogP contribution in [0.2, 0.25) is 0 Å². The van der Waals surface area contributed by atoms with Crippen molar-refractivity contribution in [2.75, 3.05) is 7.11 Å². The van der Waals surface area contributed by atoms with Crippen LogP contribution in [0.4, 0.5) is 0 Å². The monoisotopic (exact) mass is 356 g/mol. The minimum absolute atomic E-state index is 0.0165. The van der Waals surface area contributed by atoms with Crippen molar-refractivity contribution in [3.8, 4) is 11.5 Å². The fourth-order valence-electron chi connectivity index (χ4n) is 5.43. The first-order valence-corrected chi connectivity index (χ1v) is 9.68. The van der Waals surface area contributed by atoms with Gasteiger partial charge in [-0.3, -0.25) is 0 Å². The lowest BCUT2D eigenvalue weighted by molar-refractivity contribution is 0.414. The van der Waals surface area contributed by atoms with Gasteiger partial charge in [0.15, 0.2) is 0 Å². The van der Waals surface area contributed by atoms with Crippen molar-refractivity contribution >= 4 is 0 Å². The molecule has 3 atom stereocenters. The van der Waals surface area contributed by atoms with E-state index in [0.717, 1.165) is 17.7 Å². The second kappa shape index (κ2) is 5.88. The second-order valence-electron chi connectivity index (χ2n) is 7.92. The van der Waals surface area contributed by atoms with E-state index in [1.54, 1.807) is 7.11 Å². The minimum Gasteiger partial charge on any atom is -0.508 e. The summed E-state index contributed by atoms with van der Waals surface area (Å²) in [7, 11) is 1.71. The first-order valence-electron chi connectivity index (χ1n) is 9.68. The van der Waals surface area contributed by atoms with Crippen LogP contribution in [0.1, 0.15) is 40.2 Å². The largest absolute Gasteiger partial charge is 0.508 e. The van der Waals surface area contributed by atoms with Gasteiger partial charge in [-0.1, -0.05) is 48.5 Å². The van der Waals surface area contributed by atoms with Crippen molar-refractivity contribution in [3.05, 3.63) is 94.5 Å². The number of fused-ring (bicyclic) bond motifs is 3. The van der Waals surface area contributed by atoms with Crippen molar-refractivity contribution in [2.24, 2.45) is 5.92 Å². The molecule has 2 nitrogen and oxygen atoms in total. The summed E-state index contributed by atoms with van der Waals surface area (Å²) in [5, 5.41) is 10.1. The molecule has 1 saturated carbocycles. The number of benzene rings is 3. The predicted molar refractivity (Wildman–Crippen MR) is 108 cm³/mol. The van der Waals surface area contributed by atoms with Gasteiger partial charge in [0, 0.05) is 11.3 Å². The Labute approximate surface area is 160 Å². The van der Waals surface area contributed by atoms with Crippen molar-refractivity contribution in [1.29, 1.82) is 0 Å². The van der Waals surface area contributed by atoms with E-state index in [0.29, 0.717) is 17.6 Å². The summed E-state index contributed by atoms with van der Waals surface area (Å²) in [6.45, 7) is 1.99. The molecule has 0 heterocycles. The molecule has 2 heteroatoms. The molecule has 0 amide bonds. The van der Waals surface area contributed by atoms with Crippen LogP contribution in [-0.2, 0) is 11.8 Å². The molecule has 3 aromatic rings. The summed E-state index contributed by atoms with van der Waals surface area (Å²) in [6.07, 6.45) is 2.35. The zero-order valence-corrected chi connectivity index (χ0v) is 15.8. The van der Waals surface area contributed by atoms with Gasteiger partial charge in [-0.25, -0.2) is 0 Å². The molecule has 27 heavy (non-hydrogen) atoms. The summed E-state index contributed by atoms with van der Waals surface area (Å²) in [6, 6.07) is 23.7. The molecule has 0 aliphatic heterocycles. The number of rotatable bonds is 3. The maximum absolute atomic E-state index is 10.1. The summed E-state index contributed by atoms with van der Waals surface area (Å²) >= 11 is 0. The fourth-order valence-corrected chi connectivity index (χ4v) is 5.43. The van der Waals surface area contributed by atoms with E-state index >= 15 is 0 Å². The molecule has 3 unspecified atom stereocenters.